The van der Waals surface area contributed by atoms with Crippen LogP contribution in [-0.4, -0.2) is 74.2 Å². The third-order valence-corrected chi connectivity index (χ3v) is 6.92. The molecule has 0 aromatic heterocycles. The van der Waals surface area contributed by atoms with Crippen molar-refractivity contribution in [3.63, 3.8) is 0 Å². The minimum atomic E-state index is -1.09. The summed E-state index contributed by atoms with van der Waals surface area (Å²) in [5, 5.41) is 14.8. The van der Waals surface area contributed by atoms with E-state index in [4.69, 9.17) is 31.9 Å². The highest BCUT2D eigenvalue weighted by atomic mass is 35.5. The second kappa shape index (κ2) is 14.5. The first-order valence-electron chi connectivity index (χ1n) is 12.6. The molecule has 3 rings (SSSR count). The molecule has 3 amide bonds. The predicted molar refractivity (Wildman–Crippen MR) is 135 cm³/mol. The van der Waals surface area contributed by atoms with Gasteiger partial charge in [0.1, 0.15) is 0 Å². The normalized spacial score (nSPS) is 22.6. The summed E-state index contributed by atoms with van der Waals surface area (Å²) in [6, 6.07) is 7.29. The van der Waals surface area contributed by atoms with E-state index in [1.807, 2.05) is 23.1 Å². The first kappa shape index (κ1) is 27.5. The number of carbonyl (C=O) groups excluding carboxylic acids is 1. The lowest BCUT2D eigenvalue weighted by atomic mass is 9.88. The molecule has 9 nitrogen and oxygen atoms in total. The first-order chi connectivity index (χ1) is 16.9. The van der Waals surface area contributed by atoms with E-state index in [9.17, 15) is 9.59 Å². The number of amides is 3. The largest absolute Gasteiger partial charge is 0.465 e. The lowest BCUT2D eigenvalue weighted by Crippen LogP contribution is -2.49. The molecule has 1 unspecified atom stereocenters. The minimum absolute atomic E-state index is 0.0644. The van der Waals surface area contributed by atoms with Gasteiger partial charge in [0, 0.05) is 56.4 Å². The lowest BCUT2D eigenvalue weighted by Gasteiger charge is -2.37. The van der Waals surface area contributed by atoms with Crippen LogP contribution in [0, 0.1) is 11.8 Å². The molecule has 2 heterocycles. The highest BCUT2D eigenvalue weighted by Crippen LogP contribution is 2.34. The zero-order chi connectivity index (χ0) is 25.0. The molecule has 0 aliphatic carbocycles. The maximum absolute atomic E-state index is 12.9. The van der Waals surface area contributed by atoms with E-state index < -0.39 is 6.09 Å². The van der Waals surface area contributed by atoms with Crippen LogP contribution in [0.25, 0.3) is 0 Å². The van der Waals surface area contributed by atoms with Gasteiger partial charge in [-0.1, -0.05) is 30.2 Å². The lowest BCUT2D eigenvalue weighted by molar-refractivity contribution is -0.00835. The number of benzene rings is 1. The van der Waals surface area contributed by atoms with Crippen molar-refractivity contribution < 1.29 is 24.2 Å². The van der Waals surface area contributed by atoms with E-state index in [2.05, 4.69) is 10.6 Å². The molecule has 0 radical (unpaired) electrons. The fraction of sp³-hybridized carbons (Fsp3) is 0.680. The number of hydrogen-bond donors (Lipinski definition) is 4. The number of rotatable bonds is 10. The van der Waals surface area contributed by atoms with Gasteiger partial charge in [0.15, 0.2) is 0 Å². The van der Waals surface area contributed by atoms with Gasteiger partial charge in [0.2, 0.25) is 0 Å². The zero-order valence-corrected chi connectivity index (χ0v) is 21.0. The summed E-state index contributed by atoms with van der Waals surface area (Å²) in [6.45, 7) is 3.65. The van der Waals surface area contributed by atoms with Crippen LogP contribution in [0.5, 0.6) is 0 Å². The highest BCUT2D eigenvalue weighted by molar-refractivity contribution is 6.30. The van der Waals surface area contributed by atoms with Gasteiger partial charge in [-0.2, -0.15) is 0 Å². The fourth-order valence-corrected chi connectivity index (χ4v) is 5.17. The number of ether oxygens (including phenoxy) is 2. The predicted octanol–water partition coefficient (Wildman–Crippen LogP) is 3.62. The maximum Gasteiger partial charge on any atom is 0.404 e. The van der Waals surface area contributed by atoms with Crippen molar-refractivity contribution in [2.24, 2.45) is 17.6 Å². The quantitative estimate of drug-likeness (QED) is 0.356. The van der Waals surface area contributed by atoms with E-state index in [-0.39, 0.29) is 37.2 Å². The van der Waals surface area contributed by atoms with Crippen LogP contribution in [0.3, 0.4) is 0 Å². The Bertz CT molecular complexity index is 806. The molecule has 0 spiro atoms. The highest BCUT2D eigenvalue weighted by Gasteiger charge is 2.31. The van der Waals surface area contributed by atoms with Crippen LogP contribution in [0.1, 0.15) is 50.2 Å². The Hall–Kier alpha value is -2.07. The van der Waals surface area contributed by atoms with Crippen molar-refractivity contribution in [1.29, 1.82) is 0 Å². The molecule has 2 aliphatic heterocycles. The van der Waals surface area contributed by atoms with Crippen molar-refractivity contribution in [2.45, 2.75) is 50.7 Å². The molecule has 0 saturated carbocycles. The van der Waals surface area contributed by atoms with Gasteiger partial charge in [-0.15, -0.1) is 0 Å². The Kier molecular flexibility index (Phi) is 11.4. The minimum Gasteiger partial charge on any atom is -0.465 e. The van der Waals surface area contributed by atoms with Crippen molar-refractivity contribution in [1.82, 2.24) is 15.5 Å². The summed E-state index contributed by atoms with van der Waals surface area (Å²) >= 11 is 6.22. The van der Waals surface area contributed by atoms with Crippen molar-refractivity contribution in [2.75, 3.05) is 46.0 Å². The molecular formula is C25H39ClN4O5. The number of nitrogens with zero attached hydrogens (tertiary/aromatic N) is 1. The van der Waals surface area contributed by atoms with Crippen LogP contribution in [0.15, 0.2) is 24.3 Å². The maximum atomic E-state index is 12.9. The van der Waals surface area contributed by atoms with Crippen LogP contribution >= 0.6 is 11.6 Å². The summed E-state index contributed by atoms with van der Waals surface area (Å²) in [5.74, 6) is 0.518. The number of carboxylic acid groups (broad SMARTS) is 1. The van der Waals surface area contributed by atoms with Gasteiger partial charge in [0.25, 0.3) is 0 Å². The van der Waals surface area contributed by atoms with Gasteiger partial charge in [-0.3, -0.25) is 0 Å². The van der Waals surface area contributed by atoms with E-state index >= 15 is 0 Å². The van der Waals surface area contributed by atoms with Gasteiger partial charge in [0.05, 0.1) is 12.7 Å². The topological polar surface area (TPSA) is 126 Å². The number of hydrogen-bond acceptors (Lipinski definition) is 5. The van der Waals surface area contributed by atoms with E-state index in [1.165, 1.54) is 6.42 Å². The standard InChI is InChI=1S/C25H39ClN4O5/c26-21-8-3-6-19(14-21)23(35-12-9-28-25(32)33)20-7-4-10-30(16-20)24(31)29-15-22(27)13-18-5-1-2-11-34-17-18/h3,6,8,14,18,20,22-23,28H,1-2,4-5,7,9-13,15-17,27H2,(H,29,31)(H,32,33)/t18-,20-,22-,23?/m1/s1. The molecule has 10 heteroatoms. The average Bonchev–Trinajstić information content (AvgIpc) is 3.11. The summed E-state index contributed by atoms with van der Waals surface area (Å²) in [7, 11) is 0. The molecule has 5 N–H and O–H groups in total. The fourth-order valence-electron chi connectivity index (χ4n) is 4.97. The molecule has 196 valence electrons. The number of nitrogens with two attached hydrogens (primary N) is 1. The van der Waals surface area contributed by atoms with Crippen molar-refractivity contribution >= 4 is 23.7 Å². The zero-order valence-electron chi connectivity index (χ0n) is 20.3. The van der Waals surface area contributed by atoms with Gasteiger partial charge >= 0.3 is 12.1 Å². The summed E-state index contributed by atoms with van der Waals surface area (Å²) < 4.78 is 11.8. The average molecular weight is 511 g/mol. The first-order valence-corrected chi connectivity index (χ1v) is 13.0. The smallest absolute Gasteiger partial charge is 0.404 e. The van der Waals surface area contributed by atoms with Crippen LogP contribution in [-0.2, 0) is 9.47 Å². The Balaban J connectivity index is 1.53. The number of carbonyl (C=O) groups is 2. The van der Waals surface area contributed by atoms with Gasteiger partial charge < -0.3 is 35.8 Å². The molecule has 35 heavy (non-hydrogen) atoms. The molecule has 1 aromatic carbocycles. The van der Waals surface area contributed by atoms with Crippen LogP contribution < -0.4 is 16.4 Å². The molecule has 2 fully saturated rings. The summed E-state index contributed by atoms with van der Waals surface area (Å²) in [6.07, 6.45) is 4.62. The second-order valence-electron chi connectivity index (χ2n) is 9.55. The Labute approximate surface area is 212 Å². The Morgan fingerprint density at radius 3 is 2.91 bits per heavy atom. The van der Waals surface area contributed by atoms with Crippen molar-refractivity contribution in [3.8, 4) is 0 Å². The number of nitrogens with one attached hydrogen (secondary N) is 2. The number of piperidine rings is 1. The van der Waals surface area contributed by atoms with Gasteiger partial charge in [-0.25, -0.2) is 9.59 Å². The second-order valence-corrected chi connectivity index (χ2v) is 9.98. The van der Waals surface area contributed by atoms with E-state index in [1.54, 1.807) is 6.07 Å². The molecule has 1 aromatic rings. The van der Waals surface area contributed by atoms with Crippen LogP contribution in [0.4, 0.5) is 9.59 Å². The molecular weight excluding hydrogens is 472 g/mol. The molecule has 4 atom stereocenters. The van der Waals surface area contributed by atoms with Gasteiger partial charge in [-0.05, 0) is 55.7 Å². The third kappa shape index (κ3) is 9.48. The Morgan fingerprint density at radius 2 is 2.11 bits per heavy atom. The molecule has 0 bridgehead atoms. The summed E-state index contributed by atoms with van der Waals surface area (Å²) in [4.78, 5) is 25.5. The monoisotopic (exact) mass is 510 g/mol. The summed E-state index contributed by atoms with van der Waals surface area (Å²) in [5.41, 5.74) is 7.24. The molecule has 2 saturated heterocycles. The third-order valence-electron chi connectivity index (χ3n) is 6.68. The van der Waals surface area contributed by atoms with Crippen LogP contribution in [0.2, 0.25) is 5.02 Å². The number of urea groups is 1. The van der Waals surface area contributed by atoms with Crippen molar-refractivity contribution in [3.05, 3.63) is 34.9 Å². The Morgan fingerprint density at radius 1 is 1.26 bits per heavy atom. The number of likely N-dealkylation sites (tertiary alicyclic amines) is 1. The molecule has 2 aliphatic rings. The van der Waals surface area contributed by atoms with E-state index in [0.717, 1.165) is 50.9 Å². The van der Waals surface area contributed by atoms with E-state index in [0.29, 0.717) is 30.6 Å². The SMILES string of the molecule is N[C@@H](CNC(=O)N1CCC[C@@H](C(OCCNC(=O)O)c2cccc(Cl)c2)C1)C[C@H]1CCCCOC1. The number of halogens is 1.